The minimum Gasteiger partial charge on any atom is -0.354 e. The molecule has 0 aromatic heterocycles. The lowest BCUT2D eigenvalue weighted by atomic mass is 10.1. The molecule has 0 saturated carbocycles. The molecule has 0 fully saturated rings. The van der Waals surface area contributed by atoms with E-state index in [1.807, 2.05) is 43.0 Å². The monoisotopic (exact) mass is 318 g/mol. The van der Waals surface area contributed by atoms with E-state index < -0.39 is 0 Å². The fraction of sp³-hybridized carbons (Fsp3) is 0.556. The average molecular weight is 318 g/mol. The fourth-order valence-electron chi connectivity index (χ4n) is 2.17. The first-order valence-electron chi connectivity index (χ1n) is 8.41. The Bertz CT molecular complexity index is 506. The Morgan fingerprint density at radius 2 is 1.78 bits per heavy atom. The molecule has 5 nitrogen and oxygen atoms in total. The molecule has 1 unspecified atom stereocenters. The van der Waals surface area contributed by atoms with E-state index in [2.05, 4.69) is 29.5 Å². The van der Waals surface area contributed by atoms with Crippen LogP contribution in [0.5, 0.6) is 0 Å². The Hall–Kier alpha value is -2.04. The van der Waals surface area contributed by atoms with Crippen LogP contribution in [0.1, 0.15) is 50.0 Å². The van der Waals surface area contributed by atoms with Crippen molar-refractivity contribution < 1.29 is 4.79 Å². The molecule has 5 heteroatoms. The van der Waals surface area contributed by atoms with Gasteiger partial charge >= 0.3 is 0 Å². The summed E-state index contributed by atoms with van der Waals surface area (Å²) in [6.07, 6.45) is 1.04. The number of guanidine groups is 1. The van der Waals surface area contributed by atoms with Crippen LogP contribution in [0.15, 0.2) is 29.3 Å². The minimum atomic E-state index is 0.0868. The van der Waals surface area contributed by atoms with Gasteiger partial charge in [0.2, 0.25) is 0 Å². The Kier molecular flexibility index (Phi) is 8.16. The summed E-state index contributed by atoms with van der Waals surface area (Å²) in [6, 6.07) is 8.14. The summed E-state index contributed by atoms with van der Waals surface area (Å²) < 4.78 is 0. The molecule has 2 N–H and O–H groups in total. The van der Waals surface area contributed by atoms with Crippen molar-refractivity contribution in [1.29, 1.82) is 0 Å². The van der Waals surface area contributed by atoms with Crippen LogP contribution in [0.4, 0.5) is 0 Å². The van der Waals surface area contributed by atoms with E-state index >= 15 is 0 Å². The Morgan fingerprint density at radius 3 is 2.26 bits per heavy atom. The summed E-state index contributed by atoms with van der Waals surface area (Å²) in [7, 11) is 1.77. The number of carbonyl (C=O) groups is 1. The second kappa shape index (κ2) is 9.87. The van der Waals surface area contributed by atoms with Crippen LogP contribution < -0.4 is 10.6 Å². The number of benzene rings is 1. The lowest BCUT2D eigenvalue weighted by Crippen LogP contribution is -2.41. The van der Waals surface area contributed by atoms with Crippen molar-refractivity contribution in [3.05, 3.63) is 35.4 Å². The normalized spacial score (nSPS) is 12.7. The fourth-order valence-corrected chi connectivity index (χ4v) is 2.17. The van der Waals surface area contributed by atoms with E-state index in [0.717, 1.165) is 36.6 Å². The molecule has 1 atom stereocenters. The lowest BCUT2D eigenvalue weighted by Gasteiger charge is -2.19. The predicted molar refractivity (Wildman–Crippen MR) is 96.8 cm³/mol. The molecule has 1 amide bonds. The first kappa shape index (κ1) is 19.0. The molecule has 23 heavy (non-hydrogen) atoms. The van der Waals surface area contributed by atoms with Crippen molar-refractivity contribution in [3.63, 3.8) is 0 Å². The van der Waals surface area contributed by atoms with Gasteiger partial charge < -0.3 is 15.5 Å². The maximum atomic E-state index is 12.3. The molecule has 1 rings (SSSR count). The van der Waals surface area contributed by atoms with Crippen molar-refractivity contribution >= 4 is 11.9 Å². The highest BCUT2D eigenvalue weighted by Crippen LogP contribution is 2.08. The van der Waals surface area contributed by atoms with Crippen LogP contribution in [-0.2, 0) is 6.54 Å². The predicted octanol–water partition coefficient (Wildman–Crippen LogP) is 2.63. The molecule has 0 saturated heterocycles. The summed E-state index contributed by atoms with van der Waals surface area (Å²) in [5.41, 5.74) is 1.85. The van der Waals surface area contributed by atoms with Gasteiger partial charge in [0.05, 0.1) is 0 Å². The smallest absolute Gasteiger partial charge is 0.253 e. The molecular weight excluding hydrogens is 288 g/mol. The largest absolute Gasteiger partial charge is 0.354 e. The van der Waals surface area contributed by atoms with E-state index in [0.29, 0.717) is 12.6 Å². The number of amides is 1. The van der Waals surface area contributed by atoms with Gasteiger partial charge in [0.1, 0.15) is 0 Å². The van der Waals surface area contributed by atoms with E-state index in [4.69, 9.17) is 0 Å². The summed E-state index contributed by atoms with van der Waals surface area (Å²) in [4.78, 5) is 18.3. The van der Waals surface area contributed by atoms with Crippen molar-refractivity contribution in [3.8, 4) is 0 Å². The highest BCUT2D eigenvalue weighted by molar-refractivity contribution is 5.94. The third-order valence-electron chi connectivity index (χ3n) is 3.93. The van der Waals surface area contributed by atoms with Crippen molar-refractivity contribution in [2.45, 2.75) is 46.7 Å². The Labute approximate surface area is 140 Å². The number of nitrogens with zero attached hydrogens (tertiary/aromatic N) is 2. The first-order chi connectivity index (χ1) is 11.0. The number of nitrogens with one attached hydrogen (secondary N) is 2. The third kappa shape index (κ3) is 5.93. The van der Waals surface area contributed by atoms with Crippen molar-refractivity contribution in [2.24, 2.45) is 4.99 Å². The highest BCUT2D eigenvalue weighted by atomic mass is 16.2. The third-order valence-corrected chi connectivity index (χ3v) is 3.93. The lowest BCUT2D eigenvalue weighted by molar-refractivity contribution is 0.0773. The van der Waals surface area contributed by atoms with Gasteiger partial charge in [0, 0.05) is 38.3 Å². The molecule has 0 spiro atoms. The summed E-state index contributed by atoms with van der Waals surface area (Å²) in [6.45, 7) is 10.4. The molecule has 0 radical (unpaired) electrons. The van der Waals surface area contributed by atoms with Crippen LogP contribution in [0.2, 0.25) is 0 Å². The molecule has 0 bridgehead atoms. The van der Waals surface area contributed by atoms with E-state index in [-0.39, 0.29) is 5.91 Å². The van der Waals surface area contributed by atoms with Gasteiger partial charge in [0.25, 0.3) is 5.91 Å². The molecule has 0 aliphatic carbocycles. The maximum Gasteiger partial charge on any atom is 0.253 e. The number of hydrogen-bond acceptors (Lipinski definition) is 2. The second-order valence-electron chi connectivity index (χ2n) is 5.55. The van der Waals surface area contributed by atoms with Crippen LogP contribution in [0.25, 0.3) is 0 Å². The quantitative estimate of drug-likeness (QED) is 0.600. The zero-order chi connectivity index (χ0) is 17.2. The van der Waals surface area contributed by atoms with Gasteiger partial charge in [-0.25, -0.2) is 0 Å². The standard InChI is InChI=1S/C18H30N4O/c1-6-14(4)21-18(19-5)20-13-15-9-11-16(12-10-15)17(23)22(7-2)8-3/h9-12,14H,6-8,13H2,1-5H3,(H2,19,20,21). The van der Waals surface area contributed by atoms with Crippen LogP contribution >= 0.6 is 0 Å². The molecule has 0 aliphatic heterocycles. The van der Waals surface area contributed by atoms with Crippen molar-refractivity contribution in [2.75, 3.05) is 20.1 Å². The van der Waals surface area contributed by atoms with E-state index in [9.17, 15) is 4.79 Å². The Morgan fingerprint density at radius 1 is 1.17 bits per heavy atom. The molecule has 128 valence electrons. The van der Waals surface area contributed by atoms with E-state index in [1.165, 1.54) is 0 Å². The van der Waals surface area contributed by atoms with Gasteiger partial charge in [-0.3, -0.25) is 9.79 Å². The highest BCUT2D eigenvalue weighted by Gasteiger charge is 2.11. The molecular formula is C18H30N4O. The topological polar surface area (TPSA) is 56.7 Å². The maximum absolute atomic E-state index is 12.3. The average Bonchev–Trinajstić information content (AvgIpc) is 2.59. The van der Waals surface area contributed by atoms with Gasteiger partial charge in [-0.15, -0.1) is 0 Å². The molecule has 0 aliphatic rings. The van der Waals surface area contributed by atoms with Crippen LogP contribution in [0.3, 0.4) is 0 Å². The van der Waals surface area contributed by atoms with Gasteiger partial charge in [-0.2, -0.15) is 0 Å². The second-order valence-corrected chi connectivity index (χ2v) is 5.55. The molecule has 1 aromatic rings. The summed E-state index contributed by atoms with van der Waals surface area (Å²) >= 11 is 0. The van der Waals surface area contributed by atoms with E-state index in [1.54, 1.807) is 7.05 Å². The summed E-state index contributed by atoms with van der Waals surface area (Å²) in [5, 5.41) is 6.61. The SMILES string of the molecule is CCC(C)NC(=NC)NCc1ccc(C(=O)N(CC)CC)cc1. The van der Waals surface area contributed by atoms with Gasteiger partial charge in [-0.05, 0) is 44.9 Å². The van der Waals surface area contributed by atoms with Gasteiger partial charge in [0.15, 0.2) is 5.96 Å². The van der Waals surface area contributed by atoms with Crippen LogP contribution in [-0.4, -0.2) is 42.9 Å². The number of aliphatic imine (C=N–C) groups is 1. The number of rotatable bonds is 7. The van der Waals surface area contributed by atoms with Crippen molar-refractivity contribution in [1.82, 2.24) is 15.5 Å². The zero-order valence-electron chi connectivity index (χ0n) is 15.0. The summed E-state index contributed by atoms with van der Waals surface area (Å²) in [5.74, 6) is 0.881. The molecule has 1 aromatic carbocycles. The molecule has 0 heterocycles. The first-order valence-corrected chi connectivity index (χ1v) is 8.41. The number of hydrogen-bond donors (Lipinski definition) is 2. The zero-order valence-corrected chi connectivity index (χ0v) is 15.0. The van der Waals surface area contributed by atoms with Gasteiger partial charge in [-0.1, -0.05) is 19.1 Å². The minimum absolute atomic E-state index is 0.0868. The number of carbonyl (C=O) groups excluding carboxylic acids is 1. The Balaban J connectivity index is 2.62. The van der Waals surface area contributed by atoms with Crippen LogP contribution in [0, 0.1) is 0 Å².